The van der Waals surface area contributed by atoms with Crippen LogP contribution >= 0.6 is 0 Å². The van der Waals surface area contributed by atoms with Gasteiger partial charge in [-0.1, -0.05) is 11.2 Å². The number of hydrogen-bond donors (Lipinski definition) is 2. The molecule has 108 valence electrons. The van der Waals surface area contributed by atoms with Crippen LogP contribution in [0.4, 0.5) is 15.8 Å². The Morgan fingerprint density at radius 3 is 2.81 bits per heavy atom. The number of aryl methyl sites for hydroxylation is 1. The van der Waals surface area contributed by atoms with E-state index < -0.39 is 0 Å². The second kappa shape index (κ2) is 5.09. The molecule has 2 aromatic rings. The summed E-state index contributed by atoms with van der Waals surface area (Å²) in [6, 6.07) is 10.6. The highest BCUT2D eigenvalue weighted by molar-refractivity contribution is 5.98. The normalized spacial score (nSPS) is 14.4. The van der Waals surface area contributed by atoms with Gasteiger partial charge >= 0.3 is 0 Å². The fraction of sp³-hybridized carbons (Fsp3) is 0.188. The van der Waals surface area contributed by atoms with Gasteiger partial charge in [-0.25, -0.2) is 4.39 Å². The molecule has 21 heavy (non-hydrogen) atoms. The van der Waals surface area contributed by atoms with E-state index in [4.69, 9.17) is 10.9 Å². The van der Waals surface area contributed by atoms with Gasteiger partial charge in [-0.05, 0) is 54.8 Å². The zero-order valence-electron chi connectivity index (χ0n) is 11.7. The van der Waals surface area contributed by atoms with Gasteiger partial charge in [0.25, 0.3) is 0 Å². The third kappa shape index (κ3) is 2.31. The monoisotopic (exact) mass is 285 g/mol. The zero-order chi connectivity index (χ0) is 15.0. The van der Waals surface area contributed by atoms with E-state index in [0.29, 0.717) is 5.56 Å². The number of amidine groups is 1. The number of anilines is 2. The maximum atomic E-state index is 13.5. The number of nitrogens with two attached hydrogens (primary N) is 1. The average Bonchev–Trinajstić information content (AvgIpc) is 2.89. The summed E-state index contributed by atoms with van der Waals surface area (Å²) in [6.07, 6.45) is 0.899. The molecule has 0 aliphatic carbocycles. The van der Waals surface area contributed by atoms with Gasteiger partial charge in [0.05, 0.1) is 0 Å². The maximum Gasteiger partial charge on any atom is 0.170 e. The zero-order valence-corrected chi connectivity index (χ0v) is 11.7. The van der Waals surface area contributed by atoms with Gasteiger partial charge in [-0.15, -0.1) is 0 Å². The van der Waals surface area contributed by atoms with Gasteiger partial charge in [-0.2, -0.15) is 0 Å². The number of halogens is 1. The van der Waals surface area contributed by atoms with Crippen LogP contribution in [0.3, 0.4) is 0 Å². The SMILES string of the molecule is Cc1cc(N2CCc3ccc(F)cc32)ccc1/C(N)=N/O. The Labute approximate surface area is 122 Å². The molecular weight excluding hydrogens is 269 g/mol. The maximum absolute atomic E-state index is 13.5. The molecule has 3 rings (SSSR count). The highest BCUT2D eigenvalue weighted by atomic mass is 19.1. The first-order chi connectivity index (χ1) is 10.1. The molecule has 0 atom stereocenters. The average molecular weight is 285 g/mol. The summed E-state index contributed by atoms with van der Waals surface area (Å²) in [5.41, 5.74) is 10.3. The Morgan fingerprint density at radius 2 is 2.10 bits per heavy atom. The number of fused-ring (bicyclic) bond motifs is 1. The third-order valence-electron chi connectivity index (χ3n) is 3.85. The van der Waals surface area contributed by atoms with Crippen LogP contribution in [0, 0.1) is 12.7 Å². The fourth-order valence-corrected chi connectivity index (χ4v) is 2.78. The summed E-state index contributed by atoms with van der Waals surface area (Å²) < 4.78 is 13.5. The second-order valence-electron chi connectivity index (χ2n) is 5.16. The van der Waals surface area contributed by atoms with Crippen molar-refractivity contribution in [3.05, 3.63) is 58.9 Å². The number of rotatable bonds is 2. The first-order valence-electron chi connectivity index (χ1n) is 6.74. The van der Waals surface area contributed by atoms with E-state index in [9.17, 15) is 4.39 Å². The van der Waals surface area contributed by atoms with Crippen LogP contribution in [-0.4, -0.2) is 17.6 Å². The predicted octanol–water partition coefficient (Wildman–Crippen LogP) is 2.92. The lowest BCUT2D eigenvalue weighted by molar-refractivity contribution is 0.318. The fourth-order valence-electron chi connectivity index (χ4n) is 2.78. The van der Waals surface area contributed by atoms with E-state index in [-0.39, 0.29) is 11.7 Å². The standard InChI is InChI=1S/C16H16FN3O/c1-10-8-13(4-5-14(10)16(18)19-21)20-7-6-11-2-3-12(17)9-15(11)20/h2-5,8-9,21H,6-7H2,1H3,(H2,18,19). The summed E-state index contributed by atoms with van der Waals surface area (Å²) >= 11 is 0. The molecule has 3 N–H and O–H groups in total. The Bertz CT molecular complexity index is 727. The predicted molar refractivity (Wildman–Crippen MR) is 80.8 cm³/mol. The van der Waals surface area contributed by atoms with Gasteiger partial charge in [-0.3, -0.25) is 0 Å². The largest absolute Gasteiger partial charge is 0.409 e. The van der Waals surface area contributed by atoms with Crippen LogP contribution in [0.2, 0.25) is 0 Å². The molecule has 0 spiro atoms. The molecule has 1 aliphatic heterocycles. The number of nitrogens with zero attached hydrogens (tertiary/aromatic N) is 2. The Morgan fingerprint density at radius 1 is 1.29 bits per heavy atom. The van der Waals surface area contributed by atoms with E-state index in [1.165, 1.54) is 6.07 Å². The molecule has 0 radical (unpaired) electrons. The first kappa shape index (κ1) is 13.4. The quantitative estimate of drug-likeness (QED) is 0.386. The molecule has 1 heterocycles. The van der Waals surface area contributed by atoms with Gasteiger partial charge < -0.3 is 15.8 Å². The van der Waals surface area contributed by atoms with E-state index >= 15 is 0 Å². The first-order valence-corrected chi connectivity index (χ1v) is 6.74. The van der Waals surface area contributed by atoms with Crippen molar-refractivity contribution in [3.8, 4) is 0 Å². The molecule has 0 aromatic heterocycles. The van der Waals surface area contributed by atoms with Crippen LogP contribution in [0.1, 0.15) is 16.7 Å². The molecule has 0 amide bonds. The molecular formula is C16H16FN3O. The Hall–Kier alpha value is -2.56. The van der Waals surface area contributed by atoms with E-state index in [1.807, 2.05) is 31.2 Å². The van der Waals surface area contributed by atoms with Crippen molar-refractivity contribution >= 4 is 17.2 Å². The summed E-state index contributed by atoms with van der Waals surface area (Å²) in [5, 5.41) is 11.8. The summed E-state index contributed by atoms with van der Waals surface area (Å²) in [4.78, 5) is 2.08. The van der Waals surface area contributed by atoms with Crippen molar-refractivity contribution in [3.63, 3.8) is 0 Å². The molecule has 5 heteroatoms. The molecule has 0 fully saturated rings. The van der Waals surface area contributed by atoms with E-state index in [2.05, 4.69) is 10.1 Å². The van der Waals surface area contributed by atoms with Gasteiger partial charge in [0.15, 0.2) is 5.84 Å². The van der Waals surface area contributed by atoms with Crippen molar-refractivity contribution in [1.29, 1.82) is 0 Å². The summed E-state index contributed by atoms with van der Waals surface area (Å²) in [5.74, 6) is -0.141. The number of oxime groups is 1. The van der Waals surface area contributed by atoms with Crippen LogP contribution in [0.15, 0.2) is 41.6 Å². The van der Waals surface area contributed by atoms with E-state index in [0.717, 1.165) is 35.5 Å². The van der Waals surface area contributed by atoms with Crippen molar-refractivity contribution in [2.75, 3.05) is 11.4 Å². The Kier molecular flexibility index (Phi) is 3.25. The molecule has 0 saturated heterocycles. The van der Waals surface area contributed by atoms with Crippen LogP contribution in [0.5, 0.6) is 0 Å². The molecule has 2 aromatic carbocycles. The number of hydrogen-bond acceptors (Lipinski definition) is 3. The minimum Gasteiger partial charge on any atom is -0.409 e. The van der Waals surface area contributed by atoms with Crippen molar-refractivity contribution in [2.45, 2.75) is 13.3 Å². The lowest BCUT2D eigenvalue weighted by Crippen LogP contribution is -2.17. The second-order valence-corrected chi connectivity index (χ2v) is 5.16. The van der Waals surface area contributed by atoms with Crippen LogP contribution in [-0.2, 0) is 6.42 Å². The minimum atomic E-state index is -0.231. The number of benzene rings is 2. The summed E-state index contributed by atoms with van der Waals surface area (Å²) in [6.45, 7) is 2.72. The molecule has 0 bridgehead atoms. The van der Waals surface area contributed by atoms with Crippen molar-refractivity contribution < 1.29 is 9.60 Å². The van der Waals surface area contributed by atoms with Crippen LogP contribution in [0.25, 0.3) is 0 Å². The molecule has 0 unspecified atom stereocenters. The molecule has 4 nitrogen and oxygen atoms in total. The topological polar surface area (TPSA) is 61.8 Å². The van der Waals surface area contributed by atoms with Crippen LogP contribution < -0.4 is 10.6 Å². The third-order valence-corrected chi connectivity index (χ3v) is 3.85. The summed E-state index contributed by atoms with van der Waals surface area (Å²) in [7, 11) is 0. The van der Waals surface area contributed by atoms with Gasteiger partial charge in [0, 0.05) is 23.5 Å². The van der Waals surface area contributed by atoms with Crippen molar-refractivity contribution in [1.82, 2.24) is 0 Å². The lowest BCUT2D eigenvalue weighted by Gasteiger charge is -2.21. The van der Waals surface area contributed by atoms with Gasteiger partial charge in [0.2, 0.25) is 0 Å². The van der Waals surface area contributed by atoms with Gasteiger partial charge in [0.1, 0.15) is 5.82 Å². The smallest absolute Gasteiger partial charge is 0.170 e. The minimum absolute atomic E-state index is 0.0897. The lowest BCUT2D eigenvalue weighted by atomic mass is 10.1. The highest BCUT2D eigenvalue weighted by Gasteiger charge is 2.21. The molecule has 1 aliphatic rings. The Balaban J connectivity index is 2.01. The van der Waals surface area contributed by atoms with Crippen molar-refractivity contribution in [2.24, 2.45) is 10.9 Å². The highest BCUT2D eigenvalue weighted by Crippen LogP contribution is 2.35. The molecule has 0 saturated carbocycles. The van der Waals surface area contributed by atoms with E-state index in [1.54, 1.807) is 6.07 Å².